The van der Waals surface area contributed by atoms with Crippen molar-refractivity contribution in [1.29, 1.82) is 0 Å². The monoisotopic (exact) mass is 272 g/mol. The summed E-state index contributed by atoms with van der Waals surface area (Å²) in [5.41, 5.74) is 6.15. The van der Waals surface area contributed by atoms with Gasteiger partial charge in [-0.1, -0.05) is 11.6 Å². The van der Waals surface area contributed by atoms with Crippen LogP contribution in [0, 0.1) is 0 Å². The quantitative estimate of drug-likeness (QED) is 0.583. The summed E-state index contributed by atoms with van der Waals surface area (Å²) in [5.74, 6) is -1.73. The van der Waals surface area contributed by atoms with Crippen molar-refractivity contribution in [2.75, 3.05) is 12.3 Å². The number of carboxylic acid groups (broad SMARTS) is 1. The zero-order chi connectivity index (χ0) is 13.7. The number of nitrogens with two attached hydrogens (primary N) is 1. The van der Waals surface area contributed by atoms with Crippen molar-refractivity contribution in [3.05, 3.63) is 28.8 Å². The highest BCUT2D eigenvalue weighted by Crippen LogP contribution is 2.19. The number of aliphatic hydroxyl groups excluding tert-OH is 1. The van der Waals surface area contributed by atoms with Crippen molar-refractivity contribution in [2.24, 2.45) is 0 Å². The lowest BCUT2D eigenvalue weighted by atomic mass is 10.2. The molecule has 7 heteroatoms. The summed E-state index contributed by atoms with van der Waals surface area (Å²) >= 11 is 5.71. The van der Waals surface area contributed by atoms with Gasteiger partial charge in [0.25, 0.3) is 5.91 Å². The fourth-order valence-electron chi connectivity index (χ4n) is 1.23. The first-order valence-electron chi connectivity index (χ1n) is 5.16. The molecule has 1 aromatic rings. The van der Waals surface area contributed by atoms with E-state index in [1.54, 1.807) is 0 Å². The van der Waals surface area contributed by atoms with E-state index in [0.717, 1.165) is 0 Å². The van der Waals surface area contributed by atoms with E-state index in [-0.39, 0.29) is 18.7 Å². The molecule has 0 bridgehead atoms. The topological polar surface area (TPSA) is 113 Å². The molecule has 5 N–H and O–H groups in total. The Morgan fingerprint density at radius 3 is 2.67 bits per heavy atom. The second-order valence-corrected chi connectivity index (χ2v) is 4.04. The Morgan fingerprint density at radius 1 is 1.44 bits per heavy atom. The van der Waals surface area contributed by atoms with Crippen LogP contribution < -0.4 is 11.1 Å². The minimum absolute atomic E-state index is 0.0504. The maximum absolute atomic E-state index is 11.6. The van der Waals surface area contributed by atoms with Gasteiger partial charge in [-0.05, 0) is 18.2 Å². The minimum Gasteiger partial charge on any atom is -0.479 e. The van der Waals surface area contributed by atoms with Crippen LogP contribution in [0.5, 0.6) is 0 Å². The molecular formula is C11H13ClN2O4. The maximum Gasteiger partial charge on any atom is 0.332 e. The molecule has 0 saturated heterocycles. The van der Waals surface area contributed by atoms with E-state index in [1.165, 1.54) is 18.2 Å². The van der Waals surface area contributed by atoms with Gasteiger partial charge in [-0.3, -0.25) is 4.79 Å². The molecule has 6 nitrogen and oxygen atoms in total. The highest BCUT2D eigenvalue weighted by Gasteiger charge is 2.13. The number of aliphatic carboxylic acids is 1. The van der Waals surface area contributed by atoms with Crippen molar-refractivity contribution in [3.63, 3.8) is 0 Å². The molecule has 0 heterocycles. The lowest BCUT2D eigenvalue weighted by Crippen LogP contribution is -2.30. The Bertz CT molecular complexity index is 464. The number of hydrogen-bond acceptors (Lipinski definition) is 4. The molecule has 0 aliphatic rings. The Hall–Kier alpha value is -1.79. The number of hydrogen-bond donors (Lipinski definition) is 4. The number of aliphatic hydroxyl groups is 1. The van der Waals surface area contributed by atoms with Crippen LogP contribution in [-0.2, 0) is 4.79 Å². The molecule has 0 aromatic heterocycles. The normalized spacial score (nSPS) is 11.9. The third-order valence-corrected chi connectivity index (χ3v) is 2.59. The number of carbonyl (C=O) groups is 2. The van der Waals surface area contributed by atoms with Gasteiger partial charge in [0, 0.05) is 18.5 Å². The number of carbonyl (C=O) groups excluding carboxylic acids is 1. The van der Waals surface area contributed by atoms with E-state index in [0.29, 0.717) is 10.6 Å². The number of halogens is 1. The number of nitrogen functional groups attached to an aromatic ring is 1. The van der Waals surface area contributed by atoms with Crippen molar-refractivity contribution in [2.45, 2.75) is 12.5 Å². The van der Waals surface area contributed by atoms with Gasteiger partial charge >= 0.3 is 5.97 Å². The van der Waals surface area contributed by atoms with Crippen molar-refractivity contribution < 1.29 is 19.8 Å². The van der Waals surface area contributed by atoms with E-state index in [2.05, 4.69) is 5.32 Å². The first-order chi connectivity index (χ1) is 8.41. The molecule has 0 saturated carbocycles. The number of amides is 1. The molecule has 0 aliphatic carbocycles. The molecule has 0 aliphatic heterocycles. The van der Waals surface area contributed by atoms with Gasteiger partial charge in [-0.25, -0.2) is 4.79 Å². The van der Waals surface area contributed by atoms with Gasteiger partial charge in [0.05, 0.1) is 10.7 Å². The number of nitrogens with one attached hydrogen (secondary N) is 1. The van der Waals surface area contributed by atoms with E-state index >= 15 is 0 Å². The Morgan fingerprint density at radius 2 is 2.11 bits per heavy atom. The third-order valence-electron chi connectivity index (χ3n) is 2.25. The second kappa shape index (κ2) is 6.23. The van der Waals surface area contributed by atoms with E-state index in [1.807, 2.05) is 0 Å². The summed E-state index contributed by atoms with van der Waals surface area (Å²) in [6, 6.07) is 4.42. The molecule has 1 atom stereocenters. The predicted octanol–water partition coefficient (Wildman–Crippen LogP) is 0.488. The van der Waals surface area contributed by atoms with Gasteiger partial charge in [-0.15, -0.1) is 0 Å². The maximum atomic E-state index is 11.6. The second-order valence-electron chi connectivity index (χ2n) is 3.63. The highest BCUT2D eigenvalue weighted by atomic mass is 35.5. The zero-order valence-corrected chi connectivity index (χ0v) is 10.1. The van der Waals surface area contributed by atoms with Crippen molar-refractivity contribution in [3.8, 4) is 0 Å². The van der Waals surface area contributed by atoms with Gasteiger partial charge in [0.1, 0.15) is 0 Å². The highest BCUT2D eigenvalue weighted by molar-refractivity contribution is 6.33. The van der Waals surface area contributed by atoms with Crippen LogP contribution in [-0.4, -0.2) is 34.7 Å². The standard InChI is InChI=1S/C11H13ClN2O4/c12-7-2-1-6(5-8(7)13)10(16)14-4-3-9(15)11(17)18/h1-2,5,9,15H,3-4,13H2,(H,14,16)(H,17,18). The third kappa shape index (κ3) is 3.90. The average Bonchev–Trinajstić information content (AvgIpc) is 2.32. The lowest BCUT2D eigenvalue weighted by Gasteiger charge is -2.08. The molecule has 0 fully saturated rings. The molecule has 18 heavy (non-hydrogen) atoms. The molecule has 98 valence electrons. The Labute approximate surface area is 108 Å². The molecule has 1 rings (SSSR count). The number of rotatable bonds is 5. The molecule has 1 aromatic carbocycles. The summed E-state index contributed by atoms with van der Waals surface area (Å²) in [6.07, 6.45) is -1.55. The number of benzene rings is 1. The minimum atomic E-state index is -1.49. The zero-order valence-electron chi connectivity index (χ0n) is 9.39. The fourth-order valence-corrected chi connectivity index (χ4v) is 1.35. The van der Waals surface area contributed by atoms with Crippen LogP contribution in [0.25, 0.3) is 0 Å². The summed E-state index contributed by atoms with van der Waals surface area (Å²) in [4.78, 5) is 22.0. The van der Waals surface area contributed by atoms with E-state index in [4.69, 9.17) is 27.5 Å². The summed E-state index contributed by atoms with van der Waals surface area (Å²) in [6.45, 7) is 0.0504. The first-order valence-corrected chi connectivity index (χ1v) is 5.53. The van der Waals surface area contributed by atoms with Crippen LogP contribution in [0.1, 0.15) is 16.8 Å². The van der Waals surface area contributed by atoms with Crippen LogP contribution >= 0.6 is 11.6 Å². The van der Waals surface area contributed by atoms with Crippen LogP contribution in [0.15, 0.2) is 18.2 Å². The van der Waals surface area contributed by atoms with Crippen LogP contribution in [0.2, 0.25) is 5.02 Å². The van der Waals surface area contributed by atoms with Gasteiger partial charge in [0.15, 0.2) is 6.10 Å². The van der Waals surface area contributed by atoms with E-state index < -0.39 is 18.0 Å². The largest absolute Gasteiger partial charge is 0.479 e. The average molecular weight is 273 g/mol. The van der Waals surface area contributed by atoms with Crippen molar-refractivity contribution in [1.82, 2.24) is 5.32 Å². The molecule has 1 unspecified atom stereocenters. The molecule has 0 radical (unpaired) electrons. The summed E-state index contributed by atoms with van der Waals surface area (Å²) in [7, 11) is 0. The summed E-state index contributed by atoms with van der Waals surface area (Å²) < 4.78 is 0. The molecule has 0 spiro atoms. The van der Waals surface area contributed by atoms with Crippen LogP contribution in [0.4, 0.5) is 5.69 Å². The molecule has 1 amide bonds. The first kappa shape index (κ1) is 14.3. The predicted molar refractivity (Wildman–Crippen MR) is 66.5 cm³/mol. The summed E-state index contributed by atoms with van der Waals surface area (Å²) in [5, 5.41) is 20.3. The smallest absolute Gasteiger partial charge is 0.332 e. The lowest BCUT2D eigenvalue weighted by molar-refractivity contribution is -0.146. The van der Waals surface area contributed by atoms with Crippen molar-refractivity contribution >= 4 is 29.2 Å². The van der Waals surface area contributed by atoms with Gasteiger partial charge in [-0.2, -0.15) is 0 Å². The Kier molecular flexibility index (Phi) is 4.94. The Balaban J connectivity index is 2.50. The number of carboxylic acids is 1. The van der Waals surface area contributed by atoms with Gasteiger partial charge < -0.3 is 21.3 Å². The van der Waals surface area contributed by atoms with Crippen LogP contribution in [0.3, 0.4) is 0 Å². The molecular weight excluding hydrogens is 260 g/mol. The number of anilines is 1. The fraction of sp³-hybridized carbons (Fsp3) is 0.273. The van der Waals surface area contributed by atoms with Gasteiger partial charge in [0.2, 0.25) is 0 Å². The SMILES string of the molecule is Nc1cc(C(=O)NCCC(O)C(=O)O)ccc1Cl. The van der Waals surface area contributed by atoms with E-state index in [9.17, 15) is 9.59 Å².